The number of carbonyl (C=O) groups excluding carboxylic acids is 1. The van der Waals surface area contributed by atoms with Crippen LogP contribution >= 0.6 is 0 Å². The SMILES string of the molecule is CC[C@H](C[C@@H](O)[C@@H](C)NC(=O)[C@H](CC(=O)O)NCCCc1ccc(OC)c(O)c1)c1ccccc1. The van der Waals surface area contributed by atoms with E-state index in [2.05, 4.69) is 17.6 Å². The molecule has 4 atom stereocenters. The number of aliphatic carboxylic acids is 1. The predicted molar refractivity (Wildman–Crippen MR) is 135 cm³/mol. The number of phenolic OH excluding ortho intramolecular Hbond substituents is 1. The fourth-order valence-corrected chi connectivity index (χ4v) is 4.07. The van der Waals surface area contributed by atoms with Gasteiger partial charge in [0, 0.05) is 0 Å². The molecule has 0 aliphatic carbocycles. The number of benzene rings is 2. The number of aliphatic hydroxyl groups is 1. The van der Waals surface area contributed by atoms with Crippen LogP contribution in [0.1, 0.15) is 56.6 Å². The van der Waals surface area contributed by atoms with Crippen molar-refractivity contribution in [3.8, 4) is 11.5 Å². The van der Waals surface area contributed by atoms with Crippen LogP contribution in [-0.2, 0) is 16.0 Å². The monoisotopic (exact) mass is 486 g/mol. The van der Waals surface area contributed by atoms with Gasteiger partial charge in [-0.15, -0.1) is 0 Å². The maximum atomic E-state index is 12.8. The molecule has 1 amide bonds. The molecule has 0 aliphatic heterocycles. The fourth-order valence-electron chi connectivity index (χ4n) is 4.07. The number of nitrogens with one attached hydrogen (secondary N) is 2. The van der Waals surface area contributed by atoms with Gasteiger partial charge >= 0.3 is 5.97 Å². The van der Waals surface area contributed by atoms with Crippen molar-refractivity contribution in [1.82, 2.24) is 10.6 Å². The molecule has 0 saturated heterocycles. The topological polar surface area (TPSA) is 128 Å². The summed E-state index contributed by atoms with van der Waals surface area (Å²) in [6.45, 7) is 4.21. The number of carboxylic acids is 1. The Morgan fingerprint density at radius 1 is 1.11 bits per heavy atom. The standard InChI is InChI=1S/C27H38N2O6/c1-4-20(21-10-6-5-7-11-21)16-23(30)18(2)29-27(34)22(17-26(32)33)28-14-8-9-19-12-13-25(35-3)24(31)15-19/h5-7,10-13,15,18,20,22-23,28,30-31H,4,8-9,14,16-17H2,1-3H3,(H,29,34)(H,32,33)/t18-,20-,22+,23-/m1/s1. The van der Waals surface area contributed by atoms with E-state index >= 15 is 0 Å². The van der Waals surface area contributed by atoms with E-state index in [1.807, 2.05) is 36.4 Å². The third-order valence-electron chi connectivity index (χ3n) is 6.21. The van der Waals surface area contributed by atoms with Gasteiger partial charge in [-0.1, -0.05) is 43.3 Å². The van der Waals surface area contributed by atoms with Crippen molar-refractivity contribution in [2.45, 2.75) is 70.1 Å². The number of hydrogen-bond donors (Lipinski definition) is 5. The molecule has 0 fully saturated rings. The molecule has 8 nitrogen and oxygen atoms in total. The number of carbonyl (C=O) groups is 2. The van der Waals surface area contributed by atoms with Crippen LogP contribution in [0.5, 0.6) is 11.5 Å². The highest BCUT2D eigenvalue weighted by Gasteiger charge is 2.26. The summed E-state index contributed by atoms with van der Waals surface area (Å²) < 4.78 is 5.04. The van der Waals surface area contributed by atoms with Crippen LogP contribution in [0.25, 0.3) is 0 Å². The average molecular weight is 487 g/mol. The van der Waals surface area contributed by atoms with E-state index in [4.69, 9.17) is 4.74 Å². The van der Waals surface area contributed by atoms with Gasteiger partial charge in [0.2, 0.25) is 5.91 Å². The van der Waals surface area contributed by atoms with E-state index < -0.39 is 30.1 Å². The van der Waals surface area contributed by atoms with Crippen molar-refractivity contribution in [2.75, 3.05) is 13.7 Å². The normalized spacial score (nSPS) is 14.5. The van der Waals surface area contributed by atoms with Gasteiger partial charge in [-0.3, -0.25) is 9.59 Å². The predicted octanol–water partition coefficient (Wildman–Crippen LogP) is 3.22. The van der Waals surface area contributed by atoms with Crippen molar-refractivity contribution >= 4 is 11.9 Å². The van der Waals surface area contributed by atoms with Gasteiger partial charge in [-0.05, 0) is 68.3 Å². The number of amides is 1. The minimum absolute atomic E-state index is 0.0613. The summed E-state index contributed by atoms with van der Waals surface area (Å²) in [6.07, 6.45) is 1.50. The second kappa shape index (κ2) is 14.3. The first-order chi connectivity index (χ1) is 16.7. The molecule has 8 heteroatoms. The molecule has 2 aromatic rings. The Balaban J connectivity index is 1.87. The third-order valence-corrected chi connectivity index (χ3v) is 6.21. The number of hydrogen-bond acceptors (Lipinski definition) is 6. The van der Waals surface area contributed by atoms with Crippen molar-refractivity contribution in [1.29, 1.82) is 0 Å². The summed E-state index contributed by atoms with van der Waals surface area (Å²) in [4.78, 5) is 24.1. The molecule has 0 heterocycles. The van der Waals surface area contributed by atoms with Gasteiger partial charge in [-0.2, -0.15) is 0 Å². The number of ether oxygens (including phenoxy) is 1. The molecular weight excluding hydrogens is 448 g/mol. The average Bonchev–Trinajstić information content (AvgIpc) is 2.84. The molecular formula is C27H38N2O6. The van der Waals surface area contributed by atoms with Crippen LogP contribution in [0.15, 0.2) is 48.5 Å². The molecule has 0 unspecified atom stereocenters. The zero-order valence-corrected chi connectivity index (χ0v) is 20.7. The Morgan fingerprint density at radius 3 is 2.43 bits per heavy atom. The van der Waals surface area contributed by atoms with E-state index in [0.29, 0.717) is 31.6 Å². The molecule has 0 aromatic heterocycles. The van der Waals surface area contributed by atoms with Crippen LogP contribution in [0.2, 0.25) is 0 Å². The van der Waals surface area contributed by atoms with Gasteiger partial charge in [0.1, 0.15) is 0 Å². The zero-order chi connectivity index (χ0) is 25.8. The zero-order valence-electron chi connectivity index (χ0n) is 20.7. The number of aryl methyl sites for hydroxylation is 1. The van der Waals surface area contributed by atoms with Crippen LogP contribution in [0.4, 0.5) is 0 Å². The molecule has 2 aromatic carbocycles. The molecule has 0 saturated carbocycles. The quantitative estimate of drug-likeness (QED) is 0.245. The van der Waals surface area contributed by atoms with Gasteiger partial charge in [0.15, 0.2) is 11.5 Å². The lowest BCUT2D eigenvalue weighted by Crippen LogP contribution is -2.51. The highest BCUT2D eigenvalue weighted by Crippen LogP contribution is 2.27. The molecule has 2 rings (SSSR count). The van der Waals surface area contributed by atoms with E-state index in [9.17, 15) is 24.9 Å². The number of aromatic hydroxyl groups is 1. The summed E-state index contributed by atoms with van der Waals surface area (Å²) in [7, 11) is 1.48. The summed E-state index contributed by atoms with van der Waals surface area (Å²) in [5.74, 6) is -0.910. The minimum atomic E-state index is -1.08. The van der Waals surface area contributed by atoms with Crippen molar-refractivity contribution < 1.29 is 29.6 Å². The van der Waals surface area contributed by atoms with E-state index in [1.54, 1.807) is 19.1 Å². The van der Waals surface area contributed by atoms with E-state index in [-0.39, 0.29) is 18.1 Å². The molecule has 0 bridgehead atoms. The van der Waals surface area contributed by atoms with Gasteiger partial charge < -0.3 is 30.7 Å². The summed E-state index contributed by atoms with van der Waals surface area (Å²) in [5, 5.41) is 35.7. The number of aliphatic hydroxyl groups excluding tert-OH is 1. The smallest absolute Gasteiger partial charge is 0.305 e. The second-order valence-electron chi connectivity index (χ2n) is 8.83. The van der Waals surface area contributed by atoms with E-state index in [0.717, 1.165) is 17.5 Å². The highest BCUT2D eigenvalue weighted by molar-refractivity contribution is 5.86. The maximum absolute atomic E-state index is 12.8. The first-order valence-electron chi connectivity index (χ1n) is 12.1. The molecule has 35 heavy (non-hydrogen) atoms. The Kier molecular flexibility index (Phi) is 11.5. The van der Waals surface area contributed by atoms with Crippen LogP contribution < -0.4 is 15.4 Å². The summed E-state index contributed by atoms with van der Waals surface area (Å²) in [5.41, 5.74) is 2.05. The maximum Gasteiger partial charge on any atom is 0.305 e. The summed E-state index contributed by atoms with van der Waals surface area (Å²) >= 11 is 0. The Hall–Kier alpha value is -3.10. The number of rotatable bonds is 15. The third kappa shape index (κ3) is 9.22. The highest BCUT2D eigenvalue weighted by atomic mass is 16.5. The lowest BCUT2D eigenvalue weighted by molar-refractivity contribution is -0.140. The first-order valence-corrected chi connectivity index (χ1v) is 12.1. The van der Waals surface area contributed by atoms with Crippen molar-refractivity contribution in [3.05, 3.63) is 59.7 Å². The molecule has 5 N–H and O–H groups in total. The molecule has 0 aliphatic rings. The lowest BCUT2D eigenvalue weighted by atomic mass is 9.89. The van der Waals surface area contributed by atoms with Gasteiger partial charge in [0.05, 0.1) is 31.7 Å². The Labute approximate surface area is 207 Å². The first kappa shape index (κ1) is 28.1. The molecule has 0 spiro atoms. The number of carboxylic acid groups (broad SMARTS) is 1. The molecule has 192 valence electrons. The summed E-state index contributed by atoms with van der Waals surface area (Å²) in [6, 6.07) is 13.7. The van der Waals surface area contributed by atoms with Crippen LogP contribution in [0.3, 0.4) is 0 Å². The minimum Gasteiger partial charge on any atom is -0.504 e. The Bertz CT molecular complexity index is 937. The largest absolute Gasteiger partial charge is 0.504 e. The van der Waals surface area contributed by atoms with Gasteiger partial charge in [-0.25, -0.2) is 0 Å². The van der Waals surface area contributed by atoms with Crippen molar-refractivity contribution in [3.63, 3.8) is 0 Å². The van der Waals surface area contributed by atoms with Crippen molar-refractivity contribution in [2.24, 2.45) is 0 Å². The van der Waals surface area contributed by atoms with E-state index in [1.165, 1.54) is 7.11 Å². The van der Waals surface area contributed by atoms with Crippen LogP contribution in [-0.4, -0.2) is 59.0 Å². The second-order valence-corrected chi connectivity index (χ2v) is 8.83. The lowest BCUT2D eigenvalue weighted by Gasteiger charge is -2.26. The molecule has 0 radical (unpaired) electrons. The number of methoxy groups -OCH3 is 1. The van der Waals surface area contributed by atoms with Crippen LogP contribution in [0, 0.1) is 0 Å². The number of phenols is 1. The van der Waals surface area contributed by atoms with Gasteiger partial charge in [0.25, 0.3) is 0 Å². The Morgan fingerprint density at radius 2 is 1.83 bits per heavy atom. The fraction of sp³-hybridized carbons (Fsp3) is 0.481.